The lowest BCUT2D eigenvalue weighted by Gasteiger charge is -2.20. The van der Waals surface area contributed by atoms with Gasteiger partial charge in [0, 0.05) is 6.61 Å². The molecule has 0 saturated carbocycles. The van der Waals surface area contributed by atoms with Crippen molar-refractivity contribution in [3.8, 4) is 0 Å². The molecule has 0 aromatic carbocycles. The topological polar surface area (TPSA) is 27.7 Å². The molecular formula is C13H28O3. The average Bonchev–Trinajstić information content (AvgIpc) is 2.18. The van der Waals surface area contributed by atoms with E-state index in [1.54, 1.807) is 0 Å². The second kappa shape index (κ2) is 8.97. The van der Waals surface area contributed by atoms with Gasteiger partial charge >= 0.3 is 0 Å². The van der Waals surface area contributed by atoms with Crippen molar-refractivity contribution in [1.29, 1.82) is 0 Å². The Morgan fingerprint density at radius 2 is 1.75 bits per heavy atom. The van der Waals surface area contributed by atoms with Gasteiger partial charge in [-0.3, -0.25) is 0 Å². The maximum absolute atomic E-state index is 5.57. The molecule has 0 saturated heterocycles. The van der Waals surface area contributed by atoms with Crippen molar-refractivity contribution in [2.24, 2.45) is 0 Å². The van der Waals surface area contributed by atoms with Crippen LogP contribution >= 0.6 is 0 Å². The third-order valence-corrected chi connectivity index (χ3v) is 2.02. The van der Waals surface area contributed by atoms with Crippen molar-refractivity contribution in [2.75, 3.05) is 26.4 Å². The van der Waals surface area contributed by atoms with Crippen molar-refractivity contribution in [3.63, 3.8) is 0 Å². The van der Waals surface area contributed by atoms with Crippen LogP contribution in [0.1, 0.15) is 47.5 Å². The first-order valence-corrected chi connectivity index (χ1v) is 6.29. The van der Waals surface area contributed by atoms with Crippen LogP contribution in [0.15, 0.2) is 0 Å². The van der Waals surface area contributed by atoms with Crippen molar-refractivity contribution >= 4 is 0 Å². The third kappa shape index (κ3) is 12.0. The fraction of sp³-hybridized carbons (Fsp3) is 1.00. The van der Waals surface area contributed by atoms with E-state index in [2.05, 4.69) is 6.92 Å². The Morgan fingerprint density at radius 1 is 1.06 bits per heavy atom. The molecule has 1 unspecified atom stereocenters. The van der Waals surface area contributed by atoms with Crippen LogP contribution in [-0.4, -0.2) is 38.1 Å². The highest BCUT2D eigenvalue weighted by molar-refractivity contribution is 4.58. The Bertz CT molecular complexity index is 152. The third-order valence-electron chi connectivity index (χ3n) is 2.02. The van der Waals surface area contributed by atoms with Crippen LogP contribution in [0.25, 0.3) is 0 Å². The fourth-order valence-corrected chi connectivity index (χ4v) is 1.14. The SMILES string of the molecule is CCCCOCC(C)OCCOC(C)(C)C. The van der Waals surface area contributed by atoms with Crippen molar-refractivity contribution in [2.45, 2.75) is 59.2 Å². The lowest BCUT2D eigenvalue weighted by molar-refractivity contribution is -0.0643. The maximum atomic E-state index is 5.57. The Hall–Kier alpha value is -0.120. The predicted molar refractivity (Wildman–Crippen MR) is 66.8 cm³/mol. The van der Waals surface area contributed by atoms with E-state index in [1.807, 2.05) is 27.7 Å². The van der Waals surface area contributed by atoms with Gasteiger partial charge < -0.3 is 14.2 Å². The second-order valence-corrected chi connectivity index (χ2v) is 5.07. The first kappa shape index (κ1) is 15.9. The average molecular weight is 232 g/mol. The van der Waals surface area contributed by atoms with Gasteiger partial charge in [0.2, 0.25) is 0 Å². The summed E-state index contributed by atoms with van der Waals surface area (Å²) in [5.74, 6) is 0. The van der Waals surface area contributed by atoms with Crippen LogP contribution in [0.2, 0.25) is 0 Å². The molecule has 0 N–H and O–H groups in total. The first-order valence-electron chi connectivity index (χ1n) is 6.29. The lowest BCUT2D eigenvalue weighted by atomic mass is 10.2. The van der Waals surface area contributed by atoms with E-state index >= 15 is 0 Å². The molecule has 0 aliphatic heterocycles. The van der Waals surface area contributed by atoms with E-state index < -0.39 is 0 Å². The molecule has 3 heteroatoms. The minimum absolute atomic E-state index is 0.0791. The zero-order chi connectivity index (χ0) is 12.4. The van der Waals surface area contributed by atoms with Gasteiger partial charge in [-0.2, -0.15) is 0 Å². The fourth-order valence-electron chi connectivity index (χ4n) is 1.14. The molecule has 0 amide bonds. The zero-order valence-corrected chi connectivity index (χ0v) is 11.5. The highest BCUT2D eigenvalue weighted by atomic mass is 16.6. The summed E-state index contributed by atoms with van der Waals surface area (Å²) >= 11 is 0. The molecule has 0 radical (unpaired) electrons. The summed E-state index contributed by atoms with van der Waals surface area (Å²) in [6.45, 7) is 13.1. The molecule has 0 aliphatic carbocycles. The Balaban J connectivity index is 3.27. The van der Waals surface area contributed by atoms with Crippen molar-refractivity contribution in [1.82, 2.24) is 0 Å². The minimum Gasteiger partial charge on any atom is -0.379 e. The number of hydrogen-bond donors (Lipinski definition) is 0. The Morgan fingerprint density at radius 3 is 2.31 bits per heavy atom. The minimum atomic E-state index is -0.0791. The summed E-state index contributed by atoms with van der Waals surface area (Å²) < 4.78 is 16.6. The molecule has 0 aromatic rings. The van der Waals surface area contributed by atoms with Gasteiger partial charge in [-0.25, -0.2) is 0 Å². The predicted octanol–water partition coefficient (Wildman–Crippen LogP) is 3.02. The van der Waals surface area contributed by atoms with Crippen LogP contribution in [0, 0.1) is 0 Å². The molecular weight excluding hydrogens is 204 g/mol. The van der Waals surface area contributed by atoms with E-state index in [0.29, 0.717) is 19.8 Å². The lowest BCUT2D eigenvalue weighted by Crippen LogP contribution is -2.24. The number of unbranched alkanes of at least 4 members (excludes halogenated alkanes) is 1. The molecule has 0 spiro atoms. The quantitative estimate of drug-likeness (QED) is 0.572. The molecule has 0 rings (SSSR count). The summed E-state index contributed by atoms with van der Waals surface area (Å²) in [6.07, 6.45) is 2.45. The maximum Gasteiger partial charge on any atom is 0.0781 e. The normalized spacial score (nSPS) is 14.1. The first-order chi connectivity index (χ1) is 7.45. The van der Waals surface area contributed by atoms with E-state index in [4.69, 9.17) is 14.2 Å². The van der Waals surface area contributed by atoms with Crippen LogP contribution in [0.5, 0.6) is 0 Å². The molecule has 16 heavy (non-hydrogen) atoms. The summed E-state index contributed by atoms with van der Waals surface area (Å²) in [7, 11) is 0. The molecule has 0 aliphatic rings. The van der Waals surface area contributed by atoms with Gasteiger partial charge in [0.1, 0.15) is 0 Å². The molecule has 1 atom stereocenters. The standard InChI is InChI=1S/C13H28O3/c1-6-7-8-14-11-12(2)15-9-10-16-13(3,4)5/h12H,6-11H2,1-5H3. The summed E-state index contributed by atoms with van der Waals surface area (Å²) in [5.41, 5.74) is -0.0791. The van der Waals surface area contributed by atoms with Crippen molar-refractivity contribution < 1.29 is 14.2 Å². The molecule has 0 heterocycles. The van der Waals surface area contributed by atoms with Crippen LogP contribution in [-0.2, 0) is 14.2 Å². The summed E-state index contributed by atoms with van der Waals surface area (Å²) in [4.78, 5) is 0. The monoisotopic (exact) mass is 232 g/mol. The smallest absolute Gasteiger partial charge is 0.0781 e. The number of rotatable bonds is 9. The van der Waals surface area contributed by atoms with Gasteiger partial charge in [-0.1, -0.05) is 13.3 Å². The van der Waals surface area contributed by atoms with E-state index in [1.165, 1.54) is 6.42 Å². The molecule has 0 bridgehead atoms. The van der Waals surface area contributed by atoms with Crippen molar-refractivity contribution in [3.05, 3.63) is 0 Å². The Kier molecular flexibility index (Phi) is 8.90. The highest BCUT2D eigenvalue weighted by Gasteiger charge is 2.09. The van der Waals surface area contributed by atoms with Crippen LogP contribution in [0.4, 0.5) is 0 Å². The Labute approximate surface area is 100 Å². The van der Waals surface area contributed by atoms with E-state index in [9.17, 15) is 0 Å². The molecule has 0 fully saturated rings. The summed E-state index contributed by atoms with van der Waals surface area (Å²) in [5, 5.41) is 0. The summed E-state index contributed by atoms with van der Waals surface area (Å²) in [6, 6.07) is 0. The molecule has 3 nitrogen and oxygen atoms in total. The van der Waals surface area contributed by atoms with Gasteiger partial charge in [-0.05, 0) is 34.1 Å². The molecule has 0 aromatic heterocycles. The van der Waals surface area contributed by atoms with E-state index in [0.717, 1.165) is 13.0 Å². The highest BCUT2D eigenvalue weighted by Crippen LogP contribution is 2.06. The van der Waals surface area contributed by atoms with Crippen LogP contribution < -0.4 is 0 Å². The zero-order valence-electron chi connectivity index (χ0n) is 11.5. The number of hydrogen-bond acceptors (Lipinski definition) is 3. The largest absolute Gasteiger partial charge is 0.379 e. The van der Waals surface area contributed by atoms with Gasteiger partial charge in [0.25, 0.3) is 0 Å². The van der Waals surface area contributed by atoms with Gasteiger partial charge in [-0.15, -0.1) is 0 Å². The van der Waals surface area contributed by atoms with E-state index in [-0.39, 0.29) is 11.7 Å². The van der Waals surface area contributed by atoms with Crippen LogP contribution in [0.3, 0.4) is 0 Å². The second-order valence-electron chi connectivity index (χ2n) is 5.07. The molecule has 98 valence electrons. The van der Waals surface area contributed by atoms with Gasteiger partial charge in [0.15, 0.2) is 0 Å². The number of ether oxygens (including phenoxy) is 3. The van der Waals surface area contributed by atoms with Gasteiger partial charge in [0.05, 0.1) is 31.5 Å².